The average molecular weight is 218 g/mol. The van der Waals surface area contributed by atoms with E-state index < -0.39 is 0 Å². The molecule has 1 rings (SSSR count). The van der Waals surface area contributed by atoms with Crippen LogP contribution in [0.15, 0.2) is 0 Å². The standard InChI is InChI=1S/C11H20ClNO/c1-2-11(6-4-7-11)9-13-10(14)5-3-8-12/h2-9H2,1H3,(H,13,14). The summed E-state index contributed by atoms with van der Waals surface area (Å²) < 4.78 is 0. The molecule has 2 nitrogen and oxygen atoms in total. The van der Waals surface area contributed by atoms with Gasteiger partial charge in [0.15, 0.2) is 0 Å². The van der Waals surface area contributed by atoms with Crippen molar-refractivity contribution in [3.63, 3.8) is 0 Å². The smallest absolute Gasteiger partial charge is 0.220 e. The van der Waals surface area contributed by atoms with Gasteiger partial charge in [0.25, 0.3) is 0 Å². The predicted molar refractivity (Wildman–Crippen MR) is 59.5 cm³/mol. The molecule has 0 radical (unpaired) electrons. The highest BCUT2D eigenvalue weighted by molar-refractivity contribution is 6.17. The van der Waals surface area contributed by atoms with Gasteiger partial charge in [-0.3, -0.25) is 4.79 Å². The molecule has 82 valence electrons. The second kappa shape index (κ2) is 5.59. The minimum absolute atomic E-state index is 0.158. The number of alkyl halides is 1. The molecule has 0 aromatic heterocycles. The Kier molecular flexibility index (Phi) is 4.73. The summed E-state index contributed by atoms with van der Waals surface area (Å²) in [6.07, 6.45) is 6.42. The molecule has 1 aliphatic rings. The molecule has 0 bridgehead atoms. The highest BCUT2D eigenvalue weighted by Gasteiger charge is 2.34. The molecular weight excluding hydrogens is 198 g/mol. The SMILES string of the molecule is CCC1(CNC(=O)CCCCl)CCC1. The normalized spacial score (nSPS) is 18.7. The molecule has 0 aromatic carbocycles. The van der Waals surface area contributed by atoms with Crippen molar-refractivity contribution in [1.29, 1.82) is 0 Å². The quantitative estimate of drug-likeness (QED) is 0.681. The van der Waals surface area contributed by atoms with Crippen LogP contribution in [0.25, 0.3) is 0 Å². The predicted octanol–water partition coefficient (Wildman–Crippen LogP) is 2.70. The highest BCUT2D eigenvalue weighted by atomic mass is 35.5. The zero-order valence-electron chi connectivity index (χ0n) is 8.94. The van der Waals surface area contributed by atoms with Gasteiger partial charge < -0.3 is 5.32 Å². The van der Waals surface area contributed by atoms with Gasteiger partial charge in [0.2, 0.25) is 5.91 Å². The second-order valence-electron chi connectivity index (χ2n) is 4.28. The fraction of sp³-hybridized carbons (Fsp3) is 0.909. The van der Waals surface area contributed by atoms with Crippen LogP contribution in [0.1, 0.15) is 45.4 Å². The molecule has 0 unspecified atom stereocenters. The maximum absolute atomic E-state index is 11.3. The van der Waals surface area contributed by atoms with Crippen molar-refractivity contribution in [2.45, 2.75) is 45.4 Å². The molecule has 1 amide bonds. The molecule has 3 heteroatoms. The lowest BCUT2D eigenvalue weighted by Crippen LogP contribution is -2.41. The van der Waals surface area contributed by atoms with E-state index >= 15 is 0 Å². The van der Waals surface area contributed by atoms with E-state index in [2.05, 4.69) is 12.2 Å². The maximum atomic E-state index is 11.3. The molecular formula is C11H20ClNO. The molecule has 0 heterocycles. The van der Waals surface area contributed by atoms with Crippen LogP contribution in [0.4, 0.5) is 0 Å². The Balaban J connectivity index is 2.15. The van der Waals surface area contributed by atoms with E-state index in [-0.39, 0.29) is 5.91 Å². The van der Waals surface area contributed by atoms with Crippen LogP contribution in [0.2, 0.25) is 0 Å². The Labute approximate surface area is 91.4 Å². The van der Waals surface area contributed by atoms with Crippen molar-refractivity contribution in [2.75, 3.05) is 12.4 Å². The van der Waals surface area contributed by atoms with E-state index in [1.807, 2.05) is 0 Å². The Morgan fingerprint density at radius 2 is 2.21 bits per heavy atom. The number of rotatable bonds is 6. The van der Waals surface area contributed by atoms with E-state index in [0.29, 0.717) is 17.7 Å². The highest BCUT2D eigenvalue weighted by Crippen LogP contribution is 2.42. The van der Waals surface area contributed by atoms with Gasteiger partial charge in [-0.25, -0.2) is 0 Å². The fourth-order valence-electron chi connectivity index (χ4n) is 1.93. The van der Waals surface area contributed by atoms with Crippen LogP contribution in [0, 0.1) is 5.41 Å². The molecule has 0 spiro atoms. The fourth-order valence-corrected chi connectivity index (χ4v) is 2.07. The molecule has 1 saturated carbocycles. The summed E-state index contributed by atoms with van der Waals surface area (Å²) in [6.45, 7) is 3.08. The molecule has 1 fully saturated rings. The van der Waals surface area contributed by atoms with Gasteiger partial charge in [-0.1, -0.05) is 13.3 Å². The van der Waals surface area contributed by atoms with E-state index in [0.717, 1.165) is 13.0 Å². The first kappa shape index (κ1) is 11.8. The van der Waals surface area contributed by atoms with Gasteiger partial charge in [-0.15, -0.1) is 11.6 Å². The summed E-state index contributed by atoms with van der Waals surface area (Å²) in [7, 11) is 0. The van der Waals surface area contributed by atoms with Crippen LogP contribution in [-0.2, 0) is 4.79 Å². The molecule has 0 aromatic rings. The summed E-state index contributed by atoms with van der Waals surface area (Å²) in [5.74, 6) is 0.733. The zero-order chi connectivity index (χ0) is 10.4. The Morgan fingerprint density at radius 1 is 1.50 bits per heavy atom. The van der Waals surface area contributed by atoms with Crippen molar-refractivity contribution >= 4 is 17.5 Å². The first-order valence-electron chi connectivity index (χ1n) is 5.55. The summed E-state index contributed by atoms with van der Waals surface area (Å²) in [4.78, 5) is 11.3. The van der Waals surface area contributed by atoms with E-state index in [1.165, 1.54) is 25.7 Å². The van der Waals surface area contributed by atoms with Crippen LogP contribution in [-0.4, -0.2) is 18.3 Å². The number of hydrogen-bond donors (Lipinski definition) is 1. The second-order valence-corrected chi connectivity index (χ2v) is 4.65. The lowest BCUT2D eigenvalue weighted by atomic mass is 9.67. The minimum atomic E-state index is 0.158. The number of carbonyl (C=O) groups excluding carboxylic acids is 1. The van der Waals surface area contributed by atoms with Crippen LogP contribution in [0.3, 0.4) is 0 Å². The van der Waals surface area contributed by atoms with Crippen molar-refractivity contribution < 1.29 is 4.79 Å². The average Bonchev–Trinajstić information content (AvgIpc) is 2.14. The van der Waals surface area contributed by atoms with Gasteiger partial charge in [-0.2, -0.15) is 0 Å². The van der Waals surface area contributed by atoms with Crippen LogP contribution in [0.5, 0.6) is 0 Å². The third kappa shape index (κ3) is 3.16. The molecule has 0 aliphatic heterocycles. The van der Waals surface area contributed by atoms with Crippen LogP contribution >= 0.6 is 11.6 Å². The molecule has 1 N–H and O–H groups in total. The Hall–Kier alpha value is -0.240. The summed E-state index contributed by atoms with van der Waals surface area (Å²) >= 11 is 5.52. The lowest BCUT2D eigenvalue weighted by molar-refractivity contribution is -0.122. The molecule has 0 saturated heterocycles. The minimum Gasteiger partial charge on any atom is -0.356 e. The van der Waals surface area contributed by atoms with Gasteiger partial charge in [-0.05, 0) is 31.1 Å². The molecule has 0 atom stereocenters. The van der Waals surface area contributed by atoms with Gasteiger partial charge >= 0.3 is 0 Å². The summed E-state index contributed by atoms with van der Waals surface area (Å²) in [5.41, 5.74) is 0.427. The van der Waals surface area contributed by atoms with E-state index in [4.69, 9.17) is 11.6 Å². The topological polar surface area (TPSA) is 29.1 Å². The maximum Gasteiger partial charge on any atom is 0.220 e. The Bertz CT molecular complexity index is 184. The number of carbonyl (C=O) groups is 1. The van der Waals surface area contributed by atoms with E-state index in [1.54, 1.807) is 0 Å². The number of halogens is 1. The summed E-state index contributed by atoms with van der Waals surface area (Å²) in [5, 5.41) is 3.01. The lowest BCUT2D eigenvalue weighted by Gasteiger charge is -2.41. The van der Waals surface area contributed by atoms with Gasteiger partial charge in [0.05, 0.1) is 0 Å². The number of nitrogens with one attached hydrogen (secondary N) is 1. The van der Waals surface area contributed by atoms with E-state index in [9.17, 15) is 4.79 Å². The van der Waals surface area contributed by atoms with Crippen molar-refractivity contribution in [3.05, 3.63) is 0 Å². The monoisotopic (exact) mass is 217 g/mol. The first-order chi connectivity index (χ1) is 6.72. The zero-order valence-corrected chi connectivity index (χ0v) is 9.70. The number of amides is 1. The van der Waals surface area contributed by atoms with Gasteiger partial charge in [0.1, 0.15) is 0 Å². The third-order valence-electron chi connectivity index (χ3n) is 3.36. The third-order valence-corrected chi connectivity index (χ3v) is 3.63. The van der Waals surface area contributed by atoms with Crippen molar-refractivity contribution in [2.24, 2.45) is 5.41 Å². The molecule has 1 aliphatic carbocycles. The van der Waals surface area contributed by atoms with Crippen molar-refractivity contribution in [3.8, 4) is 0 Å². The summed E-state index contributed by atoms with van der Waals surface area (Å²) in [6, 6.07) is 0. The van der Waals surface area contributed by atoms with Gasteiger partial charge in [0, 0.05) is 18.8 Å². The first-order valence-corrected chi connectivity index (χ1v) is 6.08. The number of hydrogen-bond acceptors (Lipinski definition) is 1. The Morgan fingerprint density at radius 3 is 2.64 bits per heavy atom. The molecule has 14 heavy (non-hydrogen) atoms. The van der Waals surface area contributed by atoms with Crippen molar-refractivity contribution in [1.82, 2.24) is 5.32 Å². The van der Waals surface area contributed by atoms with Crippen LogP contribution < -0.4 is 5.32 Å². The largest absolute Gasteiger partial charge is 0.356 e.